The van der Waals surface area contributed by atoms with Crippen LogP contribution in [-0.4, -0.2) is 26.0 Å². The molecule has 1 aliphatic heterocycles. The van der Waals surface area contributed by atoms with E-state index in [1.54, 1.807) is 32.4 Å². The third kappa shape index (κ3) is 1.76. The van der Waals surface area contributed by atoms with Crippen molar-refractivity contribution in [1.82, 2.24) is 0 Å². The minimum absolute atomic E-state index is 0.0221. The molecule has 2 amide bonds. The van der Waals surface area contributed by atoms with Crippen LogP contribution in [0.1, 0.15) is 12.8 Å². The van der Waals surface area contributed by atoms with E-state index in [4.69, 9.17) is 9.47 Å². The van der Waals surface area contributed by atoms with Crippen LogP contribution in [0, 0.1) is 47.3 Å². The molecule has 1 aromatic rings. The highest BCUT2D eigenvalue weighted by atomic mass is 16.5. The predicted octanol–water partition coefficient (Wildman–Crippen LogP) is 2.90. The summed E-state index contributed by atoms with van der Waals surface area (Å²) < 4.78 is 10.7. The van der Waals surface area contributed by atoms with E-state index in [-0.39, 0.29) is 23.7 Å². The van der Waals surface area contributed by atoms with E-state index < -0.39 is 0 Å². The molecule has 27 heavy (non-hydrogen) atoms. The molecule has 0 spiro atoms. The zero-order valence-corrected chi connectivity index (χ0v) is 15.5. The summed E-state index contributed by atoms with van der Waals surface area (Å²) in [5.74, 6) is 4.06. The number of allylic oxidation sites excluding steroid dienone is 2. The third-order valence-corrected chi connectivity index (χ3v) is 8.06. The number of amides is 2. The number of anilines is 1. The number of fused-ring (bicyclic) bond motifs is 12. The second-order valence-electron chi connectivity index (χ2n) is 8.77. The van der Waals surface area contributed by atoms with Crippen LogP contribution < -0.4 is 14.4 Å². The first-order valence-corrected chi connectivity index (χ1v) is 9.92. The van der Waals surface area contributed by atoms with Gasteiger partial charge in [-0.2, -0.15) is 0 Å². The Bertz CT molecular complexity index is 850. The average molecular weight is 365 g/mol. The Morgan fingerprint density at radius 3 is 2.07 bits per heavy atom. The van der Waals surface area contributed by atoms with Crippen molar-refractivity contribution in [3.8, 4) is 11.5 Å². The molecule has 5 nitrogen and oxygen atoms in total. The van der Waals surface area contributed by atoms with Crippen LogP contribution in [0.15, 0.2) is 30.4 Å². The van der Waals surface area contributed by atoms with E-state index in [1.807, 2.05) is 0 Å². The van der Waals surface area contributed by atoms with Crippen LogP contribution in [0.25, 0.3) is 0 Å². The molecule has 6 rings (SSSR count). The van der Waals surface area contributed by atoms with Gasteiger partial charge in [0.1, 0.15) is 11.5 Å². The Balaban J connectivity index is 1.39. The van der Waals surface area contributed by atoms with E-state index >= 15 is 0 Å². The van der Waals surface area contributed by atoms with Crippen LogP contribution in [0.5, 0.6) is 11.5 Å². The lowest BCUT2D eigenvalue weighted by Gasteiger charge is -2.36. The largest absolute Gasteiger partial charge is 0.497 e. The topological polar surface area (TPSA) is 55.8 Å². The third-order valence-electron chi connectivity index (χ3n) is 8.06. The van der Waals surface area contributed by atoms with Crippen molar-refractivity contribution < 1.29 is 19.1 Å². The van der Waals surface area contributed by atoms with Gasteiger partial charge < -0.3 is 9.47 Å². The first-order chi connectivity index (χ1) is 13.1. The summed E-state index contributed by atoms with van der Waals surface area (Å²) in [5, 5.41) is 0. The lowest BCUT2D eigenvalue weighted by molar-refractivity contribution is -0.123. The van der Waals surface area contributed by atoms with Crippen molar-refractivity contribution in [1.29, 1.82) is 0 Å². The van der Waals surface area contributed by atoms with Gasteiger partial charge in [-0.25, -0.2) is 4.90 Å². The number of nitrogens with zero attached hydrogens (tertiary/aromatic N) is 1. The zero-order chi connectivity index (χ0) is 18.4. The molecule has 0 radical (unpaired) electrons. The van der Waals surface area contributed by atoms with Gasteiger partial charge in [0.25, 0.3) is 0 Å². The maximum absolute atomic E-state index is 13.4. The molecule has 4 fully saturated rings. The summed E-state index contributed by atoms with van der Waals surface area (Å²) in [7, 11) is 3.14. The van der Waals surface area contributed by atoms with Crippen molar-refractivity contribution in [3.05, 3.63) is 30.4 Å². The van der Waals surface area contributed by atoms with Crippen molar-refractivity contribution in [2.75, 3.05) is 19.1 Å². The molecule has 4 aliphatic carbocycles. The Hall–Kier alpha value is -2.30. The molecule has 8 atom stereocenters. The number of benzene rings is 1. The highest BCUT2D eigenvalue weighted by molar-refractivity contribution is 6.23. The molecular weight excluding hydrogens is 342 g/mol. The minimum Gasteiger partial charge on any atom is -0.497 e. The fourth-order valence-corrected chi connectivity index (χ4v) is 7.32. The van der Waals surface area contributed by atoms with Crippen LogP contribution in [-0.2, 0) is 9.59 Å². The quantitative estimate of drug-likeness (QED) is 0.470. The number of methoxy groups -OCH3 is 2. The van der Waals surface area contributed by atoms with Gasteiger partial charge in [-0.1, -0.05) is 12.2 Å². The van der Waals surface area contributed by atoms with Gasteiger partial charge >= 0.3 is 0 Å². The van der Waals surface area contributed by atoms with E-state index in [0.717, 1.165) is 6.42 Å². The summed E-state index contributed by atoms with van der Waals surface area (Å²) >= 11 is 0. The molecule has 5 aliphatic rings. The number of ether oxygens (including phenoxy) is 2. The highest BCUT2D eigenvalue weighted by Crippen LogP contribution is 2.70. The van der Waals surface area contributed by atoms with E-state index in [2.05, 4.69) is 12.2 Å². The van der Waals surface area contributed by atoms with Gasteiger partial charge in [-0.3, -0.25) is 9.59 Å². The predicted molar refractivity (Wildman–Crippen MR) is 98.3 cm³/mol. The Morgan fingerprint density at radius 2 is 1.52 bits per heavy atom. The summed E-state index contributed by atoms with van der Waals surface area (Å²) in [4.78, 5) is 28.2. The SMILES string of the molecule is COc1ccc(N2C(=O)C3C4CC(C3C2=O)C2C3C=CC(C3)C42)c(OC)c1. The number of imide groups is 1. The number of carbonyl (C=O) groups is 2. The second-order valence-corrected chi connectivity index (χ2v) is 8.77. The van der Waals surface area contributed by atoms with Gasteiger partial charge in [-0.05, 0) is 60.5 Å². The molecule has 1 aromatic carbocycles. The number of carbonyl (C=O) groups excluding carboxylic acids is 2. The standard InChI is InChI=1S/C22H23NO4/c1-26-12-5-6-15(16(8-12)27-2)23-21(24)19-13-9-14(20(19)22(23)25)18-11-4-3-10(7-11)17(13)18/h3-6,8,10-11,13-14,17-20H,7,9H2,1-2H3. The average Bonchev–Trinajstić information content (AvgIpc) is 3.47. The van der Waals surface area contributed by atoms with Gasteiger partial charge in [0.2, 0.25) is 11.8 Å². The Labute approximate surface area is 158 Å². The van der Waals surface area contributed by atoms with Crippen LogP contribution in [0.3, 0.4) is 0 Å². The smallest absolute Gasteiger partial charge is 0.238 e. The number of hydrogen-bond donors (Lipinski definition) is 0. The molecule has 3 saturated carbocycles. The zero-order valence-electron chi connectivity index (χ0n) is 15.5. The van der Waals surface area contributed by atoms with Crippen LogP contribution in [0.2, 0.25) is 0 Å². The maximum Gasteiger partial charge on any atom is 0.238 e. The molecule has 8 unspecified atom stereocenters. The van der Waals surface area contributed by atoms with Crippen LogP contribution in [0.4, 0.5) is 5.69 Å². The maximum atomic E-state index is 13.4. The first-order valence-electron chi connectivity index (χ1n) is 9.92. The first kappa shape index (κ1) is 15.7. The Morgan fingerprint density at radius 1 is 0.889 bits per heavy atom. The van der Waals surface area contributed by atoms with Crippen molar-refractivity contribution in [3.63, 3.8) is 0 Å². The van der Waals surface area contributed by atoms with Crippen LogP contribution >= 0.6 is 0 Å². The fraction of sp³-hybridized carbons (Fsp3) is 0.545. The second kappa shape index (κ2) is 5.15. The molecule has 5 heteroatoms. The van der Waals surface area contributed by atoms with Crippen molar-refractivity contribution in [2.45, 2.75) is 12.8 Å². The molecular formula is C22H23NO4. The van der Waals surface area contributed by atoms with E-state index in [9.17, 15) is 9.59 Å². The van der Waals surface area contributed by atoms with E-state index in [1.165, 1.54) is 11.3 Å². The van der Waals surface area contributed by atoms with Crippen molar-refractivity contribution >= 4 is 17.5 Å². The van der Waals surface area contributed by atoms with E-state index in [0.29, 0.717) is 52.7 Å². The summed E-state index contributed by atoms with van der Waals surface area (Å²) in [6, 6.07) is 5.28. The minimum atomic E-state index is -0.136. The highest BCUT2D eigenvalue weighted by Gasteiger charge is 2.71. The lowest BCUT2D eigenvalue weighted by Crippen LogP contribution is -2.38. The molecule has 1 heterocycles. The Kier molecular flexibility index (Phi) is 3.00. The lowest BCUT2D eigenvalue weighted by atomic mass is 9.65. The molecule has 0 N–H and O–H groups in total. The fourth-order valence-electron chi connectivity index (χ4n) is 7.32. The normalized spacial score (nSPS) is 42.8. The summed E-state index contributed by atoms with van der Waals surface area (Å²) in [6.07, 6.45) is 7.03. The van der Waals surface area contributed by atoms with Gasteiger partial charge in [0, 0.05) is 6.07 Å². The van der Waals surface area contributed by atoms with Crippen molar-refractivity contribution in [2.24, 2.45) is 47.3 Å². The molecule has 0 aromatic heterocycles. The molecule has 1 saturated heterocycles. The number of rotatable bonds is 3. The number of hydrogen-bond acceptors (Lipinski definition) is 4. The monoisotopic (exact) mass is 365 g/mol. The van der Waals surface area contributed by atoms with Gasteiger partial charge in [-0.15, -0.1) is 0 Å². The molecule has 140 valence electrons. The summed E-state index contributed by atoms with van der Waals surface area (Å²) in [6.45, 7) is 0. The van der Waals surface area contributed by atoms with Gasteiger partial charge in [0.05, 0.1) is 31.7 Å². The van der Waals surface area contributed by atoms with Gasteiger partial charge in [0.15, 0.2) is 0 Å². The molecule has 4 bridgehead atoms. The summed E-state index contributed by atoms with van der Waals surface area (Å²) in [5.41, 5.74) is 0.549.